The zero-order valence-corrected chi connectivity index (χ0v) is 11.9. The smallest absolute Gasteiger partial charge is 0.119 e. The fourth-order valence-corrected chi connectivity index (χ4v) is 1.76. The summed E-state index contributed by atoms with van der Waals surface area (Å²) in [7, 11) is 1.97. The molecule has 0 spiro atoms. The van der Waals surface area contributed by atoms with E-state index in [9.17, 15) is 0 Å². The number of ether oxygens (including phenoxy) is 1. The molecule has 0 radical (unpaired) electrons. The normalized spacial score (nSPS) is 9.82. The maximum atomic E-state index is 6.04. The molecule has 4 heteroatoms. The molecule has 0 saturated carbocycles. The van der Waals surface area contributed by atoms with E-state index >= 15 is 0 Å². The quantitative estimate of drug-likeness (QED) is 0.723. The van der Waals surface area contributed by atoms with Crippen LogP contribution in [0, 0.1) is 0 Å². The number of benzene rings is 1. The van der Waals surface area contributed by atoms with Gasteiger partial charge in [-0.15, -0.1) is 0 Å². The van der Waals surface area contributed by atoms with E-state index in [4.69, 9.17) is 16.3 Å². The number of hydrogen-bond donors (Lipinski definition) is 1. The predicted molar refractivity (Wildman–Crippen MR) is 69.5 cm³/mol. The molecular weight excluding hydrogens is 257 g/mol. The highest BCUT2D eigenvalue weighted by Gasteiger charge is 2.00. The van der Waals surface area contributed by atoms with Gasteiger partial charge < -0.3 is 22.5 Å². The molecule has 0 aliphatic rings. The summed E-state index contributed by atoms with van der Waals surface area (Å²) in [5, 5.41) is 3.94. The summed E-state index contributed by atoms with van der Waals surface area (Å²) in [6, 6.07) is 5.86. The second-order valence-corrected chi connectivity index (χ2v) is 4.17. The number of hydrogen-bond acceptors (Lipinski definition) is 2. The number of rotatable bonds is 7. The predicted octanol–water partition coefficient (Wildman–Crippen LogP) is 0.285. The number of halogens is 2. The van der Waals surface area contributed by atoms with Crippen molar-refractivity contribution in [2.24, 2.45) is 0 Å². The molecule has 0 bridgehead atoms. The van der Waals surface area contributed by atoms with Gasteiger partial charge in [-0.25, -0.2) is 0 Å². The van der Waals surface area contributed by atoms with Crippen molar-refractivity contribution in [3.05, 3.63) is 28.8 Å². The third kappa shape index (κ3) is 6.16. The van der Waals surface area contributed by atoms with E-state index in [0.29, 0.717) is 0 Å². The standard InChI is InChI=1S/C13H20ClNO.ClH/c1-3-11-10-12(6-7-13(11)14)16-9-5-4-8-15-2;/h6-7,10,15H,3-5,8-9H2,1-2H3;1H/p-1. The van der Waals surface area contributed by atoms with Gasteiger partial charge in [0.2, 0.25) is 0 Å². The third-order valence-electron chi connectivity index (χ3n) is 2.49. The minimum absolute atomic E-state index is 0. The molecule has 0 amide bonds. The summed E-state index contributed by atoms with van der Waals surface area (Å²) < 4.78 is 5.66. The highest BCUT2D eigenvalue weighted by Crippen LogP contribution is 2.22. The summed E-state index contributed by atoms with van der Waals surface area (Å²) >= 11 is 6.04. The van der Waals surface area contributed by atoms with Gasteiger partial charge in [0.05, 0.1) is 6.61 Å². The zero-order chi connectivity index (χ0) is 11.8. The SMILES string of the molecule is CCc1cc(OCCCCNC)ccc1Cl.[Cl-]. The fraction of sp³-hybridized carbons (Fsp3) is 0.538. The molecule has 1 rings (SSSR count). The molecule has 0 fully saturated rings. The second-order valence-electron chi connectivity index (χ2n) is 3.77. The summed E-state index contributed by atoms with van der Waals surface area (Å²) in [6.07, 6.45) is 3.16. The van der Waals surface area contributed by atoms with E-state index in [1.165, 1.54) is 0 Å². The molecule has 0 aromatic heterocycles. The third-order valence-corrected chi connectivity index (χ3v) is 2.86. The van der Waals surface area contributed by atoms with Crippen LogP contribution in [0.2, 0.25) is 5.02 Å². The maximum Gasteiger partial charge on any atom is 0.119 e. The lowest BCUT2D eigenvalue weighted by Crippen LogP contribution is -3.00. The lowest BCUT2D eigenvalue weighted by Gasteiger charge is -2.08. The summed E-state index contributed by atoms with van der Waals surface area (Å²) in [4.78, 5) is 0. The minimum Gasteiger partial charge on any atom is -1.00 e. The van der Waals surface area contributed by atoms with Crippen molar-refractivity contribution in [1.29, 1.82) is 0 Å². The van der Waals surface area contributed by atoms with Gasteiger partial charge in [-0.05, 0) is 56.6 Å². The fourth-order valence-electron chi connectivity index (χ4n) is 1.51. The Kier molecular flexibility index (Phi) is 9.33. The molecule has 0 unspecified atom stereocenters. The Hall–Kier alpha value is -0.440. The minimum atomic E-state index is 0. The Bertz CT molecular complexity index is 318. The van der Waals surface area contributed by atoms with Crippen LogP contribution in [0.1, 0.15) is 25.3 Å². The van der Waals surface area contributed by atoms with Gasteiger partial charge in [0.25, 0.3) is 0 Å². The lowest BCUT2D eigenvalue weighted by molar-refractivity contribution is -0.00000384. The molecule has 2 nitrogen and oxygen atoms in total. The van der Waals surface area contributed by atoms with E-state index in [1.54, 1.807) is 0 Å². The van der Waals surface area contributed by atoms with Crippen LogP contribution < -0.4 is 22.5 Å². The molecule has 17 heavy (non-hydrogen) atoms. The van der Waals surface area contributed by atoms with E-state index in [0.717, 1.165) is 48.7 Å². The van der Waals surface area contributed by atoms with Crippen LogP contribution in [0.3, 0.4) is 0 Å². The summed E-state index contributed by atoms with van der Waals surface area (Å²) in [5.41, 5.74) is 1.15. The van der Waals surface area contributed by atoms with Crippen LogP contribution >= 0.6 is 11.6 Å². The van der Waals surface area contributed by atoms with Crippen LogP contribution in [0.5, 0.6) is 5.75 Å². The topological polar surface area (TPSA) is 21.3 Å². The Morgan fingerprint density at radius 2 is 2.06 bits per heavy atom. The van der Waals surface area contributed by atoms with Crippen molar-refractivity contribution in [2.45, 2.75) is 26.2 Å². The Labute approximate surface area is 115 Å². The average Bonchev–Trinajstić information content (AvgIpc) is 2.31. The molecular formula is C13H20Cl2NO-. The summed E-state index contributed by atoms with van der Waals surface area (Å²) in [5.74, 6) is 0.922. The first kappa shape index (κ1) is 16.6. The van der Waals surface area contributed by atoms with Gasteiger partial charge >= 0.3 is 0 Å². The lowest BCUT2D eigenvalue weighted by atomic mass is 10.1. The molecule has 1 aromatic rings. The Balaban J connectivity index is 0.00000256. The highest BCUT2D eigenvalue weighted by molar-refractivity contribution is 6.31. The first-order valence-electron chi connectivity index (χ1n) is 5.83. The highest BCUT2D eigenvalue weighted by atomic mass is 35.5. The Morgan fingerprint density at radius 3 is 2.71 bits per heavy atom. The maximum absolute atomic E-state index is 6.04. The van der Waals surface area contributed by atoms with Crippen molar-refractivity contribution in [1.82, 2.24) is 5.32 Å². The monoisotopic (exact) mass is 276 g/mol. The van der Waals surface area contributed by atoms with Gasteiger partial charge in [0.1, 0.15) is 5.75 Å². The van der Waals surface area contributed by atoms with E-state index in [2.05, 4.69) is 12.2 Å². The Morgan fingerprint density at radius 1 is 1.29 bits per heavy atom. The van der Waals surface area contributed by atoms with Gasteiger partial charge in [-0.1, -0.05) is 18.5 Å². The van der Waals surface area contributed by atoms with E-state index < -0.39 is 0 Å². The average molecular weight is 277 g/mol. The van der Waals surface area contributed by atoms with Crippen molar-refractivity contribution < 1.29 is 17.1 Å². The molecule has 1 N–H and O–H groups in total. The first-order chi connectivity index (χ1) is 7.77. The van der Waals surface area contributed by atoms with Crippen LogP contribution in [0.25, 0.3) is 0 Å². The van der Waals surface area contributed by atoms with Crippen molar-refractivity contribution >= 4 is 11.6 Å². The van der Waals surface area contributed by atoms with Gasteiger partial charge in [0.15, 0.2) is 0 Å². The van der Waals surface area contributed by atoms with Gasteiger partial charge in [0, 0.05) is 5.02 Å². The summed E-state index contributed by atoms with van der Waals surface area (Å²) in [6.45, 7) is 3.91. The van der Waals surface area contributed by atoms with E-state index in [1.807, 2.05) is 25.2 Å². The largest absolute Gasteiger partial charge is 1.00 e. The van der Waals surface area contributed by atoms with Gasteiger partial charge in [-0.3, -0.25) is 0 Å². The first-order valence-corrected chi connectivity index (χ1v) is 6.21. The molecule has 1 aromatic carbocycles. The molecule has 98 valence electrons. The van der Waals surface area contributed by atoms with Crippen LogP contribution in [0.4, 0.5) is 0 Å². The molecule has 0 heterocycles. The van der Waals surface area contributed by atoms with Crippen molar-refractivity contribution in [2.75, 3.05) is 20.2 Å². The van der Waals surface area contributed by atoms with Crippen molar-refractivity contribution in [3.8, 4) is 5.75 Å². The van der Waals surface area contributed by atoms with Crippen LogP contribution in [-0.4, -0.2) is 20.2 Å². The number of nitrogens with one attached hydrogen (secondary N) is 1. The second kappa shape index (κ2) is 9.58. The van der Waals surface area contributed by atoms with Gasteiger partial charge in [-0.2, -0.15) is 0 Å². The zero-order valence-electron chi connectivity index (χ0n) is 10.4. The van der Waals surface area contributed by atoms with Crippen molar-refractivity contribution in [3.63, 3.8) is 0 Å². The molecule has 0 aliphatic heterocycles. The van der Waals surface area contributed by atoms with E-state index in [-0.39, 0.29) is 12.4 Å². The number of unbranched alkanes of at least 4 members (excludes halogenated alkanes) is 1. The molecule has 0 atom stereocenters. The molecule has 0 aliphatic carbocycles. The van der Waals surface area contributed by atoms with Crippen LogP contribution in [0.15, 0.2) is 18.2 Å². The van der Waals surface area contributed by atoms with Crippen LogP contribution in [-0.2, 0) is 6.42 Å². The number of aryl methyl sites for hydroxylation is 1. The molecule has 0 saturated heterocycles.